The van der Waals surface area contributed by atoms with Crippen molar-refractivity contribution in [2.75, 3.05) is 13.2 Å². The van der Waals surface area contributed by atoms with E-state index in [-0.39, 0.29) is 6.61 Å². The Bertz CT molecular complexity index is 710. The minimum absolute atomic E-state index is 0.165. The van der Waals surface area contributed by atoms with E-state index in [2.05, 4.69) is 22.6 Å². The lowest BCUT2D eigenvalue weighted by atomic mass is 9.96. The third kappa shape index (κ3) is 5.72. The molecule has 3 rings (SSSR count). The molecule has 2 saturated heterocycles. The van der Waals surface area contributed by atoms with Crippen LogP contribution in [0.4, 0.5) is 0 Å². The fourth-order valence-corrected chi connectivity index (χ4v) is 4.15. The average Bonchev–Trinajstić information content (AvgIpc) is 2.76. The van der Waals surface area contributed by atoms with E-state index < -0.39 is 74.6 Å². The summed E-state index contributed by atoms with van der Waals surface area (Å²) < 4.78 is 23.3. The van der Waals surface area contributed by atoms with Crippen LogP contribution in [0.3, 0.4) is 0 Å². The van der Waals surface area contributed by atoms with Gasteiger partial charge in [-0.15, -0.1) is 0 Å². The van der Waals surface area contributed by atoms with Gasteiger partial charge in [0.25, 0.3) is 0 Å². The topological polar surface area (TPSA) is 184 Å². The van der Waals surface area contributed by atoms with Crippen molar-refractivity contribution in [3.8, 4) is 0 Å². The highest BCUT2D eigenvalue weighted by molar-refractivity contribution is 14.1. The molecule has 0 aromatic heterocycles. The summed E-state index contributed by atoms with van der Waals surface area (Å²) in [5.41, 5.74) is 6.94. The second-order valence-electron chi connectivity index (χ2n) is 7.53. The summed E-state index contributed by atoms with van der Waals surface area (Å²) in [6, 6.07) is 6.53. The molecule has 8 N–H and O–H groups in total. The number of benzene rings is 1. The van der Waals surface area contributed by atoms with Crippen molar-refractivity contribution in [3.63, 3.8) is 0 Å². The summed E-state index contributed by atoms with van der Waals surface area (Å²) in [6.45, 7) is -1.03. The summed E-state index contributed by atoms with van der Waals surface area (Å²) in [5, 5.41) is 59.7. The first-order valence-electron chi connectivity index (χ1n) is 9.78. The fraction of sp³-hybridized carbons (Fsp3) is 0.684. The molecule has 10 atom stereocenters. The number of aliphatic hydroxyl groups excluding tert-OH is 6. The standard InChI is InChI=1S/C19H28INO10/c20-9-3-1-2-8(4-9)7-28-18-12(21)14(25)17(11(6-23)30-18)31-19-16(27)15(26)13(24)10(5-22)29-19/h1-4,10-19,22-27H,5-7,21H2/t10-,11-,12-,13-,14-,15+,16-,17-,18-,19+/m1/s1. The lowest BCUT2D eigenvalue weighted by Gasteiger charge is -2.46. The van der Waals surface area contributed by atoms with Crippen LogP contribution in [-0.2, 0) is 25.6 Å². The molecule has 0 amide bonds. The third-order valence-electron chi connectivity index (χ3n) is 5.34. The molecule has 0 saturated carbocycles. The molecular weight excluding hydrogens is 529 g/mol. The van der Waals surface area contributed by atoms with Crippen LogP contribution >= 0.6 is 22.6 Å². The van der Waals surface area contributed by atoms with Crippen molar-refractivity contribution in [1.29, 1.82) is 0 Å². The Morgan fingerprint density at radius 1 is 0.903 bits per heavy atom. The first kappa shape index (κ1) is 25.1. The molecule has 12 heteroatoms. The smallest absolute Gasteiger partial charge is 0.187 e. The lowest BCUT2D eigenvalue weighted by Crippen LogP contribution is -2.66. The molecule has 176 valence electrons. The zero-order valence-electron chi connectivity index (χ0n) is 16.5. The van der Waals surface area contributed by atoms with E-state index in [1.165, 1.54) is 0 Å². The summed E-state index contributed by atoms with van der Waals surface area (Å²) in [5.74, 6) is 0. The largest absolute Gasteiger partial charge is 0.394 e. The summed E-state index contributed by atoms with van der Waals surface area (Å²) in [6.07, 6.45) is -12.3. The van der Waals surface area contributed by atoms with Gasteiger partial charge in [0.2, 0.25) is 0 Å². The van der Waals surface area contributed by atoms with Crippen molar-refractivity contribution in [2.45, 2.75) is 68.0 Å². The van der Waals surface area contributed by atoms with Crippen molar-refractivity contribution in [2.24, 2.45) is 5.73 Å². The van der Waals surface area contributed by atoms with Crippen LogP contribution in [0.2, 0.25) is 0 Å². The Morgan fingerprint density at radius 2 is 1.58 bits per heavy atom. The second kappa shape index (κ2) is 11.1. The van der Waals surface area contributed by atoms with E-state index in [4.69, 9.17) is 24.7 Å². The molecule has 2 heterocycles. The van der Waals surface area contributed by atoms with Gasteiger partial charge in [0.15, 0.2) is 12.6 Å². The maximum absolute atomic E-state index is 10.7. The summed E-state index contributed by atoms with van der Waals surface area (Å²) in [4.78, 5) is 0. The number of nitrogens with two attached hydrogens (primary N) is 1. The zero-order valence-corrected chi connectivity index (χ0v) is 18.6. The number of ether oxygens (including phenoxy) is 4. The van der Waals surface area contributed by atoms with Gasteiger partial charge in [-0.25, -0.2) is 0 Å². The van der Waals surface area contributed by atoms with Gasteiger partial charge in [0.05, 0.1) is 25.9 Å². The van der Waals surface area contributed by atoms with Gasteiger partial charge in [0.1, 0.15) is 42.7 Å². The third-order valence-corrected chi connectivity index (χ3v) is 6.01. The molecule has 0 radical (unpaired) electrons. The number of aliphatic hydroxyl groups is 6. The Labute approximate surface area is 192 Å². The minimum Gasteiger partial charge on any atom is -0.394 e. The monoisotopic (exact) mass is 557 g/mol. The maximum Gasteiger partial charge on any atom is 0.187 e. The van der Waals surface area contributed by atoms with Gasteiger partial charge in [-0.1, -0.05) is 12.1 Å². The molecule has 11 nitrogen and oxygen atoms in total. The summed E-state index contributed by atoms with van der Waals surface area (Å²) in [7, 11) is 0. The normalized spacial score (nSPS) is 41.3. The minimum atomic E-state index is -1.67. The van der Waals surface area contributed by atoms with Crippen LogP contribution in [0.5, 0.6) is 0 Å². The van der Waals surface area contributed by atoms with Crippen LogP contribution in [0, 0.1) is 3.57 Å². The molecule has 1 aromatic carbocycles. The zero-order chi connectivity index (χ0) is 22.7. The van der Waals surface area contributed by atoms with Crippen LogP contribution in [0.15, 0.2) is 24.3 Å². The van der Waals surface area contributed by atoms with E-state index in [1.54, 1.807) is 0 Å². The first-order valence-corrected chi connectivity index (χ1v) is 10.9. The van der Waals surface area contributed by atoms with Gasteiger partial charge in [-0.05, 0) is 40.3 Å². The molecule has 31 heavy (non-hydrogen) atoms. The Kier molecular flexibility index (Phi) is 8.99. The van der Waals surface area contributed by atoms with E-state index in [0.29, 0.717) is 0 Å². The Morgan fingerprint density at radius 3 is 2.23 bits per heavy atom. The van der Waals surface area contributed by atoms with Gasteiger partial charge >= 0.3 is 0 Å². The highest BCUT2D eigenvalue weighted by Crippen LogP contribution is 2.29. The molecule has 1 aromatic rings. The van der Waals surface area contributed by atoms with Crippen LogP contribution in [0.25, 0.3) is 0 Å². The number of rotatable bonds is 7. The SMILES string of the molecule is N[C@H]1[C@H](OCc2cccc(I)c2)O[C@H](CO)[C@@H](O[C@@H]2O[C@H](CO)[C@@H](O)[C@H](O)[C@H]2O)[C@@H]1O. The van der Waals surface area contributed by atoms with Crippen molar-refractivity contribution < 1.29 is 49.6 Å². The Balaban J connectivity index is 1.66. The lowest BCUT2D eigenvalue weighted by molar-refractivity contribution is -0.347. The van der Waals surface area contributed by atoms with Crippen LogP contribution in [0.1, 0.15) is 5.56 Å². The molecule has 0 bridgehead atoms. The van der Waals surface area contributed by atoms with E-state index >= 15 is 0 Å². The van der Waals surface area contributed by atoms with E-state index in [1.807, 2.05) is 24.3 Å². The predicted molar refractivity (Wildman–Crippen MR) is 112 cm³/mol. The first-order chi connectivity index (χ1) is 14.8. The quantitative estimate of drug-likeness (QED) is 0.175. The van der Waals surface area contributed by atoms with E-state index in [9.17, 15) is 30.6 Å². The van der Waals surface area contributed by atoms with Crippen molar-refractivity contribution >= 4 is 22.6 Å². The van der Waals surface area contributed by atoms with Crippen molar-refractivity contribution in [1.82, 2.24) is 0 Å². The molecule has 0 spiro atoms. The van der Waals surface area contributed by atoms with Crippen LogP contribution in [-0.4, -0.2) is 105 Å². The molecule has 2 fully saturated rings. The highest BCUT2D eigenvalue weighted by Gasteiger charge is 2.50. The van der Waals surface area contributed by atoms with Crippen molar-refractivity contribution in [3.05, 3.63) is 33.4 Å². The maximum atomic E-state index is 10.7. The van der Waals surface area contributed by atoms with Gasteiger partial charge in [-0.3, -0.25) is 0 Å². The molecular formula is C19H28INO10. The summed E-state index contributed by atoms with van der Waals surface area (Å²) >= 11 is 2.17. The number of hydrogen-bond donors (Lipinski definition) is 7. The highest BCUT2D eigenvalue weighted by atomic mass is 127. The number of halogens is 1. The number of hydrogen-bond acceptors (Lipinski definition) is 11. The molecule has 0 aliphatic carbocycles. The molecule has 2 aliphatic rings. The predicted octanol–water partition coefficient (Wildman–Crippen LogP) is -2.60. The van der Waals surface area contributed by atoms with Gasteiger partial charge < -0.3 is 55.3 Å². The second-order valence-corrected chi connectivity index (χ2v) is 8.78. The van der Waals surface area contributed by atoms with Gasteiger partial charge in [0, 0.05) is 3.57 Å². The fourth-order valence-electron chi connectivity index (χ4n) is 3.55. The molecule has 2 aliphatic heterocycles. The Hall–Kier alpha value is -0.490. The van der Waals surface area contributed by atoms with E-state index in [0.717, 1.165) is 9.13 Å². The molecule has 0 unspecified atom stereocenters. The van der Waals surface area contributed by atoms with Gasteiger partial charge in [-0.2, -0.15) is 0 Å². The van der Waals surface area contributed by atoms with Crippen LogP contribution < -0.4 is 5.73 Å². The average molecular weight is 557 g/mol.